The van der Waals surface area contributed by atoms with Crippen molar-refractivity contribution in [2.75, 3.05) is 6.54 Å². The summed E-state index contributed by atoms with van der Waals surface area (Å²) in [6.45, 7) is 5.77. The highest BCUT2D eigenvalue weighted by Gasteiger charge is 2.39. The monoisotopic (exact) mass is 284 g/mol. The zero-order chi connectivity index (χ0) is 14.4. The highest BCUT2D eigenvalue weighted by molar-refractivity contribution is 5.74. The first-order valence-corrected chi connectivity index (χ1v) is 8.17. The summed E-state index contributed by atoms with van der Waals surface area (Å²) in [6.07, 6.45) is 4.05. The van der Waals surface area contributed by atoms with Crippen LogP contribution in [0.5, 0.6) is 0 Å². The first-order valence-electron chi connectivity index (χ1n) is 8.17. The van der Waals surface area contributed by atoms with E-state index in [4.69, 9.17) is 4.98 Å². The van der Waals surface area contributed by atoms with Crippen LogP contribution in [-0.2, 0) is 0 Å². The second-order valence-corrected chi connectivity index (χ2v) is 6.74. The van der Waals surface area contributed by atoms with Gasteiger partial charge in [0.25, 0.3) is 0 Å². The average molecular weight is 284 g/mol. The predicted molar refractivity (Wildman–Crippen MR) is 85.2 cm³/mol. The third-order valence-corrected chi connectivity index (χ3v) is 4.94. The standard InChI is InChI=1S/C17H24N4/c1-11-9-13(10-21(11)14-7-8-14)18-12(2)17-19-15-5-3-4-6-16(15)20-17/h3-6,11-14,18H,7-10H2,1-2H3,(H,19,20). The molecular weight excluding hydrogens is 260 g/mol. The highest BCUT2D eigenvalue weighted by atomic mass is 15.3. The molecule has 0 spiro atoms. The Morgan fingerprint density at radius 1 is 1.33 bits per heavy atom. The topological polar surface area (TPSA) is 44.0 Å². The van der Waals surface area contributed by atoms with Crippen molar-refractivity contribution in [2.24, 2.45) is 0 Å². The van der Waals surface area contributed by atoms with E-state index in [0.717, 1.165) is 28.9 Å². The van der Waals surface area contributed by atoms with Crippen molar-refractivity contribution in [3.63, 3.8) is 0 Å². The fraction of sp³-hybridized carbons (Fsp3) is 0.588. The van der Waals surface area contributed by atoms with E-state index >= 15 is 0 Å². The summed E-state index contributed by atoms with van der Waals surface area (Å²) in [6, 6.07) is 10.7. The Morgan fingerprint density at radius 3 is 2.90 bits per heavy atom. The number of benzene rings is 1. The van der Waals surface area contributed by atoms with Crippen LogP contribution in [0.3, 0.4) is 0 Å². The van der Waals surface area contributed by atoms with Crippen molar-refractivity contribution < 1.29 is 0 Å². The number of aromatic amines is 1. The van der Waals surface area contributed by atoms with Crippen molar-refractivity contribution in [1.82, 2.24) is 20.2 Å². The lowest BCUT2D eigenvalue weighted by Crippen LogP contribution is -2.35. The molecule has 0 amide bonds. The molecule has 1 aromatic carbocycles. The fourth-order valence-electron chi connectivity index (χ4n) is 3.70. The van der Waals surface area contributed by atoms with Crippen LogP contribution in [0.15, 0.2) is 24.3 Å². The van der Waals surface area contributed by atoms with E-state index in [1.165, 1.54) is 25.8 Å². The van der Waals surface area contributed by atoms with Gasteiger partial charge in [-0.25, -0.2) is 4.98 Å². The minimum Gasteiger partial charge on any atom is -0.341 e. The second-order valence-electron chi connectivity index (χ2n) is 6.74. The molecule has 3 unspecified atom stereocenters. The van der Waals surface area contributed by atoms with E-state index < -0.39 is 0 Å². The molecule has 2 N–H and O–H groups in total. The van der Waals surface area contributed by atoms with Gasteiger partial charge in [-0.15, -0.1) is 0 Å². The fourth-order valence-corrected chi connectivity index (χ4v) is 3.70. The van der Waals surface area contributed by atoms with Gasteiger partial charge < -0.3 is 10.3 Å². The number of imidazole rings is 1. The van der Waals surface area contributed by atoms with Gasteiger partial charge in [-0.1, -0.05) is 12.1 Å². The number of para-hydroxylation sites is 2. The number of fused-ring (bicyclic) bond motifs is 1. The average Bonchev–Trinajstić information content (AvgIpc) is 3.11. The SMILES string of the molecule is CC(NC1CC(C)N(C2CC2)C1)c1nc2ccccc2[nH]1. The highest BCUT2D eigenvalue weighted by Crippen LogP contribution is 2.33. The molecular formula is C17H24N4. The van der Waals surface area contributed by atoms with Crippen LogP contribution in [-0.4, -0.2) is 39.5 Å². The summed E-state index contributed by atoms with van der Waals surface area (Å²) in [4.78, 5) is 10.8. The zero-order valence-electron chi connectivity index (χ0n) is 12.8. The Hall–Kier alpha value is -1.39. The Morgan fingerprint density at radius 2 is 2.14 bits per heavy atom. The van der Waals surface area contributed by atoms with Gasteiger partial charge >= 0.3 is 0 Å². The smallest absolute Gasteiger partial charge is 0.124 e. The van der Waals surface area contributed by atoms with Gasteiger partial charge in [0.1, 0.15) is 5.82 Å². The van der Waals surface area contributed by atoms with E-state index in [-0.39, 0.29) is 6.04 Å². The lowest BCUT2D eigenvalue weighted by atomic mass is 10.1. The molecule has 2 aromatic rings. The van der Waals surface area contributed by atoms with Gasteiger partial charge in [-0.05, 0) is 45.2 Å². The molecule has 3 atom stereocenters. The number of hydrogen-bond acceptors (Lipinski definition) is 3. The second kappa shape index (κ2) is 5.11. The van der Waals surface area contributed by atoms with Crippen molar-refractivity contribution >= 4 is 11.0 Å². The summed E-state index contributed by atoms with van der Waals surface area (Å²) in [5.74, 6) is 1.05. The largest absolute Gasteiger partial charge is 0.341 e. The Bertz CT molecular complexity index is 598. The minimum absolute atomic E-state index is 0.272. The first kappa shape index (κ1) is 13.3. The molecule has 0 bridgehead atoms. The molecule has 112 valence electrons. The van der Waals surface area contributed by atoms with Gasteiger partial charge in [0.15, 0.2) is 0 Å². The summed E-state index contributed by atoms with van der Waals surface area (Å²) >= 11 is 0. The Kier molecular flexibility index (Phi) is 3.23. The molecule has 2 heterocycles. The summed E-state index contributed by atoms with van der Waals surface area (Å²) in [5, 5.41) is 3.76. The molecule has 2 fully saturated rings. The number of likely N-dealkylation sites (tertiary alicyclic amines) is 1. The maximum atomic E-state index is 4.71. The van der Waals surface area contributed by atoms with Crippen LogP contribution in [0, 0.1) is 0 Å². The number of H-pyrrole nitrogens is 1. The van der Waals surface area contributed by atoms with Gasteiger partial charge in [-0.3, -0.25) is 4.90 Å². The van der Waals surface area contributed by atoms with E-state index in [9.17, 15) is 0 Å². The van der Waals surface area contributed by atoms with Crippen molar-refractivity contribution in [3.8, 4) is 0 Å². The van der Waals surface area contributed by atoms with Crippen molar-refractivity contribution in [3.05, 3.63) is 30.1 Å². The molecule has 1 saturated heterocycles. The number of nitrogens with one attached hydrogen (secondary N) is 2. The molecule has 4 nitrogen and oxygen atoms in total. The van der Waals surface area contributed by atoms with E-state index in [2.05, 4.69) is 47.2 Å². The van der Waals surface area contributed by atoms with Gasteiger partial charge in [0.2, 0.25) is 0 Å². The molecule has 1 saturated carbocycles. The molecule has 1 aliphatic carbocycles. The molecule has 1 aliphatic heterocycles. The third-order valence-electron chi connectivity index (χ3n) is 4.94. The van der Waals surface area contributed by atoms with Crippen molar-refractivity contribution in [1.29, 1.82) is 0 Å². The molecule has 2 aliphatic rings. The number of rotatable bonds is 4. The van der Waals surface area contributed by atoms with Crippen LogP contribution in [0.25, 0.3) is 11.0 Å². The van der Waals surface area contributed by atoms with Gasteiger partial charge in [-0.2, -0.15) is 0 Å². The van der Waals surface area contributed by atoms with Crippen molar-refractivity contribution in [2.45, 2.75) is 57.3 Å². The van der Waals surface area contributed by atoms with E-state index in [1.54, 1.807) is 0 Å². The van der Waals surface area contributed by atoms with Crippen LogP contribution in [0.2, 0.25) is 0 Å². The summed E-state index contributed by atoms with van der Waals surface area (Å²) < 4.78 is 0. The van der Waals surface area contributed by atoms with Crippen LogP contribution < -0.4 is 5.32 Å². The van der Waals surface area contributed by atoms with Gasteiger partial charge in [0, 0.05) is 24.7 Å². The molecule has 0 radical (unpaired) electrons. The quantitative estimate of drug-likeness (QED) is 0.907. The van der Waals surface area contributed by atoms with Gasteiger partial charge in [0.05, 0.1) is 17.1 Å². The predicted octanol–water partition coefficient (Wildman–Crippen LogP) is 2.84. The summed E-state index contributed by atoms with van der Waals surface area (Å²) in [7, 11) is 0. The normalized spacial score (nSPS) is 28.3. The molecule has 4 heteroatoms. The number of nitrogens with zero attached hydrogens (tertiary/aromatic N) is 2. The number of hydrogen-bond donors (Lipinski definition) is 2. The Labute approximate surface area is 125 Å². The number of aromatic nitrogens is 2. The summed E-state index contributed by atoms with van der Waals surface area (Å²) in [5.41, 5.74) is 2.18. The first-order chi connectivity index (χ1) is 10.2. The van der Waals surface area contributed by atoms with Crippen LogP contribution in [0.1, 0.15) is 45.0 Å². The minimum atomic E-state index is 0.272. The van der Waals surface area contributed by atoms with E-state index in [0.29, 0.717) is 6.04 Å². The lowest BCUT2D eigenvalue weighted by Gasteiger charge is -2.20. The molecule has 21 heavy (non-hydrogen) atoms. The lowest BCUT2D eigenvalue weighted by molar-refractivity contribution is 0.254. The maximum Gasteiger partial charge on any atom is 0.124 e. The molecule has 1 aromatic heterocycles. The third kappa shape index (κ3) is 2.58. The van der Waals surface area contributed by atoms with E-state index in [1.807, 2.05) is 6.07 Å². The van der Waals surface area contributed by atoms with Crippen LogP contribution >= 0.6 is 0 Å². The zero-order valence-corrected chi connectivity index (χ0v) is 12.8. The Balaban J connectivity index is 1.44. The molecule has 4 rings (SSSR count). The maximum absolute atomic E-state index is 4.71. The van der Waals surface area contributed by atoms with Crippen LogP contribution in [0.4, 0.5) is 0 Å².